The zero-order chi connectivity index (χ0) is 14.1. The zero-order valence-electron chi connectivity index (χ0n) is 11.6. The highest BCUT2D eigenvalue weighted by Crippen LogP contribution is 2.32. The van der Waals surface area contributed by atoms with Gasteiger partial charge in [-0.1, -0.05) is 19.1 Å². The lowest BCUT2D eigenvalue weighted by Gasteiger charge is -2.19. The van der Waals surface area contributed by atoms with Crippen molar-refractivity contribution in [1.82, 2.24) is 9.55 Å². The molecule has 2 heterocycles. The fraction of sp³-hybridized carbons (Fsp3) is 0.312. The van der Waals surface area contributed by atoms with Crippen molar-refractivity contribution in [1.29, 1.82) is 0 Å². The Morgan fingerprint density at radius 1 is 1.35 bits per heavy atom. The molecule has 0 N–H and O–H groups in total. The van der Waals surface area contributed by atoms with Gasteiger partial charge in [0.25, 0.3) is 0 Å². The first-order valence-electron chi connectivity index (χ1n) is 6.81. The normalized spacial score (nSPS) is 12.9. The Morgan fingerprint density at radius 2 is 2.20 bits per heavy atom. The Balaban J connectivity index is 2.24. The fourth-order valence-electron chi connectivity index (χ4n) is 2.69. The van der Waals surface area contributed by atoms with Crippen LogP contribution in [0.3, 0.4) is 0 Å². The lowest BCUT2D eigenvalue weighted by molar-refractivity contribution is 0.574. The number of thiophene rings is 1. The number of rotatable bonds is 4. The van der Waals surface area contributed by atoms with E-state index in [2.05, 4.69) is 59.1 Å². The van der Waals surface area contributed by atoms with E-state index in [1.807, 2.05) is 0 Å². The third-order valence-corrected chi connectivity index (χ3v) is 4.82. The van der Waals surface area contributed by atoms with Gasteiger partial charge in [0.2, 0.25) is 0 Å². The molecule has 4 heteroatoms. The van der Waals surface area contributed by atoms with Crippen molar-refractivity contribution in [3.63, 3.8) is 0 Å². The zero-order valence-corrected chi connectivity index (χ0v) is 13.2. The number of nitrogens with zero attached hydrogens (tertiary/aromatic N) is 2. The Labute approximate surface area is 128 Å². The van der Waals surface area contributed by atoms with E-state index in [1.165, 1.54) is 16.0 Å². The molecule has 3 aromatic rings. The molecule has 0 amide bonds. The Hall–Kier alpha value is -1.32. The molecule has 0 fully saturated rings. The average molecular weight is 305 g/mol. The first kappa shape index (κ1) is 13.7. The summed E-state index contributed by atoms with van der Waals surface area (Å²) in [6, 6.07) is 11.0. The van der Waals surface area contributed by atoms with Crippen molar-refractivity contribution in [2.24, 2.45) is 0 Å². The van der Waals surface area contributed by atoms with Crippen LogP contribution in [-0.4, -0.2) is 9.55 Å². The highest BCUT2D eigenvalue weighted by atomic mass is 35.5. The second-order valence-electron chi connectivity index (χ2n) is 4.96. The summed E-state index contributed by atoms with van der Waals surface area (Å²) in [5.41, 5.74) is 3.46. The van der Waals surface area contributed by atoms with Crippen LogP contribution < -0.4 is 0 Å². The molecule has 0 aliphatic rings. The molecule has 1 aromatic carbocycles. The molecule has 0 radical (unpaired) electrons. The van der Waals surface area contributed by atoms with Crippen LogP contribution in [0.1, 0.15) is 35.7 Å². The van der Waals surface area contributed by atoms with Gasteiger partial charge in [0.1, 0.15) is 5.82 Å². The number of aryl methyl sites for hydroxylation is 1. The number of aromatic nitrogens is 2. The van der Waals surface area contributed by atoms with E-state index in [-0.39, 0.29) is 0 Å². The Morgan fingerprint density at radius 3 is 2.85 bits per heavy atom. The van der Waals surface area contributed by atoms with Crippen LogP contribution in [0.4, 0.5) is 0 Å². The second-order valence-corrected chi connectivity index (χ2v) is 6.21. The predicted octanol–water partition coefficient (Wildman–Crippen LogP) is 5.14. The number of benzene rings is 1. The number of halogens is 1. The minimum Gasteiger partial charge on any atom is -0.319 e. The molecule has 0 aliphatic heterocycles. The minimum atomic E-state index is 0.315. The molecular formula is C16H17ClN2S. The predicted molar refractivity (Wildman–Crippen MR) is 86.8 cm³/mol. The smallest absolute Gasteiger partial charge is 0.125 e. The molecule has 0 bridgehead atoms. The first-order valence-corrected chi connectivity index (χ1v) is 8.22. The molecule has 1 atom stereocenters. The van der Waals surface area contributed by atoms with Gasteiger partial charge in [0.15, 0.2) is 0 Å². The fourth-order valence-corrected chi connectivity index (χ4v) is 3.78. The summed E-state index contributed by atoms with van der Waals surface area (Å²) in [4.78, 5) is 6.05. The maximum Gasteiger partial charge on any atom is 0.125 e. The van der Waals surface area contributed by atoms with Crippen molar-refractivity contribution in [3.05, 3.63) is 52.0 Å². The van der Waals surface area contributed by atoms with E-state index in [4.69, 9.17) is 11.6 Å². The lowest BCUT2D eigenvalue weighted by atomic mass is 10.1. The highest BCUT2D eigenvalue weighted by molar-refractivity contribution is 7.10. The highest BCUT2D eigenvalue weighted by Gasteiger charge is 2.19. The standard InChI is InChI=1S/C16H17ClN2S/c1-3-13(15-5-4-8-20-15)19-14-9-11(2)6-7-12(14)18-16(19)10-17/h4-9,13H,3,10H2,1-2H3. The largest absolute Gasteiger partial charge is 0.319 e. The van der Waals surface area contributed by atoms with Crippen LogP contribution in [-0.2, 0) is 5.88 Å². The van der Waals surface area contributed by atoms with Crippen LogP contribution in [0, 0.1) is 6.92 Å². The van der Waals surface area contributed by atoms with Crippen molar-refractivity contribution in [3.8, 4) is 0 Å². The number of hydrogen-bond acceptors (Lipinski definition) is 2. The summed E-state index contributed by atoms with van der Waals surface area (Å²) < 4.78 is 2.31. The van der Waals surface area contributed by atoms with Crippen molar-refractivity contribution < 1.29 is 0 Å². The SMILES string of the molecule is CCC(c1cccs1)n1c(CCl)nc2ccc(C)cc21. The van der Waals surface area contributed by atoms with Gasteiger partial charge in [-0.2, -0.15) is 0 Å². The van der Waals surface area contributed by atoms with Crippen LogP contribution in [0.15, 0.2) is 35.7 Å². The second kappa shape index (κ2) is 5.58. The molecule has 0 saturated heterocycles. The lowest BCUT2D eigenvalue weighted by Crippen LogP contribution is -2.11. The van der Waals surface area contributed by atoms with E-state index in [9.17, 15) is 0 Å². The van der Waals surface area contributed by atoms with Gasteiger partial charge in [-0.05, 0) is 42.5 Å². The van der Waals surface area contributed by atoms with E-state index in [1.54, 1.807) is 11.3 Å². The molecule has 20 heavy (non-hydrogen) atoms. The summed E-state index contributed by atoms with van der Waals surface area (Å²) >= 11 is 7.92. The van der Waals surface area contributed by atoms with Crippen LogP contribution >= 0.6 is 22.9 Å². The molecular weight excluding hydrogens is 288 g/mol. The van der Waals surface area contributed by atoms with Crippen LogP contribution in [0.2, 0.25) is 0 Å². The van der Waals surface area contributed by atoms with Gasteiger partial charge in [0, 0.05) is 4.88 Å². The van der Waals surface area contributed by atoms with Crippen molar-refractivity contribution in [2.75, 3.05) is 0 Å². The van der Waals surface area contributed by atoms with E-state index < -0.39 is 0 Å². The Bertz CT molecular complexity index is 715. The third-order valence-electron chi connectivity index (χ3n) is 3.61. The molecule has 104 valence electrons. The minimum absolute atomic E-state index is 0.315. The summed E-state index contributed by atoms with van der Waals surface area (Å²) in [6.07, 6.45) is 1.03. The van der Waals surface area contributed by atoms with E-state index in [0.29, 0.717) is 11.9 Å². The summed E-state index contributed by atoms with van der Waals surface area (Å²) in [7, 11) is 0. The van der Waals surface area contributed by atoms with Gasteiger partial charge in [0.05, 0.1) is 23.0 Å². The number of alkyl halides is 1. The van der Waals surface area contributed by atoms with Crippen LogP contribution in [0.25, 0.3) is 11.0 Å². The maximum atomic E-state index is 6.13. The van der Waals surface area contributed by atoms with Crippen molar-refractivity contribution >= 4 is 34.0 Å². The van der Waals surface area contributed by atoms with Gasteiger partial charge >= 0.3 is 0 Å². The average Bonchev–Trinajstić information content (AvgIpc) is 3.08. The molecule has 0 spiro atoms. The van der Waals surface area contributed by atoms with E-state index in [0.717, 1.165) is 17.8 Å². The van der Waals surface area contributed by atoms with Gasteiger partial charge in [-0.3, -0.25) is 0 Å². The van der Waals surface area contributed by atoms with Crippen molar-refractivity contribution in [2.45, 2.75) is 32.2 Å². The molecule has 0 saturated carbocycles. The van der Waals surface area contributed by atoms with Gasteiger partial charge in [-0.25, -0.2) is 4.98 Å². The molecule has 2 nitrogen and oxygen atoms in total. The summed E-state index contributed by atoms with van der Waals surface area (Å²) in [5.74, 6) is 1.39. The molecule has 1 unspecified atom stereocenters. The quantitative estimate of drug-likeness (QED) is 0.610. The van der Waals surface area contributed by atoms with E-state index >= 15 is 0 Å². The van der Waals surface area contributed by atoms with Gasteiger partial charge < -0.3 is 4.57 Å². The summed E-state index contributed by atoms with van der Waals surface area (Å²) in [6.45, 7) is 4.33. The third kappa shape index (κ3) is 2.25. The topological polar surface area (TPSA) is 17.8 Å². The maximum absolute atomic E-state index is 6.13. The molecule has 2 aromatic heterocycles. The number of imidazole rings is 1. The number of hydrogen-bond donors (Lipinski definition) is 0. The van der Waals surface area contributed by atoms with Gasteiger partial charge in [-0.15, -0.1) is 22.9 Å². The Kier molecular flexibility index (Phi) is 3.81. The molecule has 0 aliphatic carbocycles. The summed E-state index contributed by atoms with van der Waals surface area (Å²) in [5, 5.41) is 2.13. The first-order chi connectivity index (χ1) is 9.74. The molecule has 3 rings (SSSR count). The van der Waals surface area contributed by atoms with Crippen LogP contribution in [0.5, 0.6) is 0 Å². The monoisotopic (exact) mass is 304 g/mol. The number of fused-ring (bicyclic) bond motifs is 1.